The van der Waals surface area contributed by atoms with Crippen LogP contribution in [0.25, 0.3) is 0 Å². The van der Waals surface area contributed by atoms with E-state index in [0.717, 1.165) is 30.0 Å². The summed E-state index contributed by atoms with van der Waals surface area (Å²) in [5.74, 6) is 0.632. The van der Waals surface area contributed by atoms with E-state index in [4.69, 9.17) is 9.57 Å². The summed E-state index contributed by atoms with van der Waals surface area (Å²) >= 11 is 0. The fraction of sp³-hybridized carbons (Fsp3) is 0.389. The van der Waals surface area contributed by atoms with Crippen molar-refractivity contribution in [2.24, 2.45) is 5.16 Å². The minimum atomic E-state index is -0.968. The molecule has 1 N–H and O–H groups in total. The van der Waals surface area contributed by atoms with Crippen molar-refractivity contribution >= 4 is 11.6 Å². The molecule has 0 saturated carbocycles. The Bertz CT molecular complexity index is 740. The summed E-state index contributed by atoms with van der Waals surface area (Å²) in [4.78, 5) is 21.9. The number of methoxy groups -OCH3 is 1. The summed E-state index contributed by atoms with van der Waals surface area (Å²) in [7, 11) is 1.62. The van der Waals surface area contributed by atoms with Crippen LogP contribution in [0, 0.1) is 0 Å². The smallest absolute Gasteiger partial charge is 0.267 e. The van der Waals surface area contributed by atoms with Crippen molar-refractivity contribution < 1.29 is 14.4 Å². The second-order valence-electron chi connectivity index (χ2n) is 6.18. The van der Waals surface area contributed by atoms with E-state index in [2.05, 4.69) is 15.5 Å². The molecular formula is C18H22N4O3. The number of aryl methyl sites for hydroxylation is 1. The van der Waals surface area contributed by atoms with Crippen LogP contribution in [-0.4, -0.2) is 40.4 Å². The maximum Gasteiger partial charge on any atom is 0.267 e. The zero-order valence-corrected chi connectivity index (χ0v) is 14.4. The number of oxime groups is 1. The van der Waals surface area contributed by atoms with Crippen LogP contribution in [0.1, 0.15) is 25.3 Å². The number of ether oxygens (including phenoxy) is 1. The van der Waals surface area contributed by atoms with E-state index < -0.39 is 5.60 Å². The number of nitrogens with one attached hydrogen (secondary N) is 1. The highest BCUT2D eigenvalue weighted by molar-refractivity contribution is 6.05. The summed E-state index contributed by atoms with van der Waals surface area (Å²) in [5.41, 5.74) is 0.723. The lowest BCUT2D eigenvalue weighted by molar-refractivity contribution is -0.141. The van der Waals surface area contributed by atoms with Crippen molar-refractivity contribution in [2.75, 3.05) is 13.7 Å². The van der Waals surface area contributed by atoms with Crippen LogP contribution in [-0.2, 0) is 16.2 Å². The van der Waals surface area contributed by atoms with Gasteiger partial charge >= 0.3 is 0 Å². The molecule has 1 aliphatic rings. The van der Waals surface area contributed by atoms with Crippen LogP contribution < -0.4 is 10.1 Å². The fourth-order valence-corrected chi connectivity index (χ4v) is 2.67. The predicted octanol–water partition coefficient (Wildman–Crippen LogP) is 1.98. The Morgan fingerprint density at radius 1 is 1.40 bits per heavy atom. The van der Waals surface area contributed by atoms with Crippen LogP contribution in [0.2, 0.25) is 0 Å². The Kier molecular flexibility index (Phi) is 5.02. The number of benzene rings is 1. The average Bonchev–Trinajstić information content (AvgIpc) is 3.29. The molecule has 1 aromatic heterocycles. The molecule has 2 aromatic rings. The highest BCUT2D eigenvalue weighted by Gasteiger charge is 2.41. The Balaban J connectivity index is 1.49. The number of carbonyl (C=O) groups excluding carboxylic acids is 1. The second kappa shape index (κ2) is 7.38. The third kappa shape index (κ3) is 3.99. The first-order valence-corrected chi connectivity index (χ1v) is 8.24. The average molecular weight is 342 g/mol. The molecule has 1 amide bonds. The van der Waals surface area contributed by atoms with E-state index in [0.29, 0.717) is 13.0 Å². The van der Waals surface area contributed by atoms with Crippen LogP contribution >= 0.6 is 0 Å². The van der Waals surface area contributed by atoms with Crippen molar-refractivity contribution in [1.29, 1.82) is 0 Å². The van der Waals surface area contributed by atoms with Crippen LogP contribution in [0.4, 0.5) is 0 Å². The molecule has 0 fully saturated rings. The molecule has 0 unspecified atom stereocenters. The van der Waals surface area contributed by atoms with Gasteiger partial charge in [-0.05, 0) is 43.2 Å². The maximum absolute atomic E-state index is 12.5. The quantitative estimate of drug-likeness (QED) is 0.781. The van der Waals surface area contributed by atoms with E-state index in [1.54, 1.807) is 26.6 Å². The number of aromatic nitrogens is 2. The molecule has 1 aliphatic heterocycles. The molecule has 0 aliphatic carbocycles. The van der Waals surface area contributed by atoms with Crippen molar-refractivity contribution in [2.45, 2.75) is 31.9 Å². The van der Waals surface area contributed by atoms with Gasteiger partial charge in [0, 0.05) is 31.9 Å². The molecule has 0 bridgehead atoms. The maximum atomic E-state index is 12.5. The zero-order chi connectivity index (χ0) is 17.7. The molecule has 7 nitrogen and oxygen atoms in total. The van der Waals surface area contributed by atoms with Gasteiger partial charge in [0.25, 0.3) is 5.91 Å². The number of nitrogens with zero attached hydrogens (tertiary/aromatic N) is 3. The van der Waals surface area contributed by atoms with Crippen LogP contribution in [0.5, 0.6) is 5.75 Å². The van der Waals surface area contributed by atoms with Gasteiger partial charge in [-0.25, -0.2) is 4.98 Å². The summed E-state index contributed by atoms with van der Waals surface area (Å²) in [6.07, 6.45) is 6.66. The van der Waals surface area contributed by atoms with Gasteiger partial charge in [0.05, 0.1) is 19.1 Å². The van der Waals surface area contributed by atoms with Crippen molar-refractivity contribution in [3.8, 4) is 5.75 Å². The summed E-state index contributed by atoms with van der Waals surface area (Å²) in [6, 6.07) is 7.55. The van der Waals surface area contributed by atoms with Gasteiger partial charge in [0.2, 0.25) is 5.60 Å². The Hall–Kier alpha value is -2.83. The van der Waals surface area contributed by atoms with Gasteiger partial charge in [-0.15, -0.1) is 0 Å². The predicted molar refractivity (Wildman–Crippen MR) is 93.5 cm³/mol. The van der Waals surface area contributed by atoms with Crippen molar-refractivity contribution in [3.63, 3.8) is 0 Å². The van der Waals surface area contributed by atoms with Gasteiger partial charge in [-0.1, -0.05) is 5.16 Å². The monoisotopic (exact) mass is 342 g/mol. The van der Waals surface area contributed by atoms with E-state index in [1.807, 2.05) is 35.0 Å². The standard InChI is InChI=1S/C18H22N4O3/c1-18(17(23)20-8-3-10-22-11-9-19-13-22)12-16(21-25-18)14-4-6-15(24-2)7-5-14/h4-7,9,11,13H,3,8,10,12H2,1-2H3,(H,20,23)/t18-/m0/s1. The van der Waals surface area contributed by atoms with Crippen LogP contribution in [0.15, 0.2) is 48.1 Å². The van der Waals surface area contributed by atoms with Gasteiger partial charge in [-0.2, -0.15) is 0 Å². The summed E-state index contributed by atoms with van der Waals surface area (Å²) in [5, 5.41) is 7.03. The minimum absolute atomic E-state index is 0.148. The van der Waals surface area contributed by atoms with Crippen molar-refractivity contribution in [3.05, 3.63) is 48.5 Å². The third-order valence-corrected chi connectivity index (χ3v) is 4.20. The third-order valence-electron chi connectivity index (χ3n) is 4.20. The molecule has 132 valence electrons. The zero-order valence-electron chi connectivity index (χ0n) is 14.4. The Labute approximate surface area is 146 Å². The number of amides is 1. The topological polar surface area (TPSA) is 77.7 Å². The SMILES string of the molecule is COc1ccc(C2=NO[C@](C)(C(=O)NCCCn3ccnc3)C2)cc1. The largest absolute Gasteiger partial charge is 0.497 e. The normalized spacial score (nSPS) is 19.2. The second-order valence-corrected chi connectivity index (χ2v) is 6.18. The molecule has 1 aromatic carbocycles. The molecule has 7 heteroatoms. The fourth-order valence-electron chi connectivity index (χ4n) is 2.67. The number of hydrogen-bond acceptors (Lipinski definition) is 5. The van der Waals surface area contributed by atoms with Gasteiger partial charge in [0.15, 0.2) is 0 Å². The number of carbonyl (C=O) groups is 1. The highest BCUT2D eigenvalue weighted by Crippen LogP contribution is 2.27. The van der Waals surface area contributed by atoms with E-state index in [1.165, 1.54) is 0 Å². The first-order valence-electron chi connectivity index (χ1n) is 8.24. The van der Waals surface area contributed by atoms with Gasteiger partial charge < -0.3 is 19.5 Å². The van der Waals surface area contributed by atoms with E-state index in [9.17, 15) is 4.79 Å². The molecule has 25 heavy (non-hydrogen) atoms. The summed E-state index contributed by atoms with van der Waals surface area (Å²) < 4.78 is 7.13. The molecule has 0 radical (unpaired) electrons. The van der Waals surface area contributed by atoms with Crippen molar-refractivity contribution in [1.82, 2.24) is 14.9 Å². The molecular weight excluding hydrogens is 320 g/mol. The van der Waals surface area contributed by atoms with E-state index in [-0.39, 0.29) is 5.91 Å². The molecule has 0 saturated heterocycles. The minimum Gasteiger partial charge on any atom is -0.497 e. The summed E-state index contributed by atoms with van der Waals surface area (Å²) in [6.45, 7) is 3.15. The van der Waals surface area contributed by atoms with Gasteiger partial charge in [-0.3, -0.25) is 4.79 Å². The first kappa shape index (κ1) is 17.0. The first-order chi connectivity index (χ1) is 12.1. The number of hydrogen-bond donors (Lipinski definition) is 1. The molecule has 1 atom stereocenters. The lowest BCUT2D eigenvalue weighted by Crippen LogP contribution is -2.45. The Morgan fingerprint density at radius 3 is 2.88 bits per heavy atom. The Morgan fingerprint density at radius 2 is 2.20 bits per heavy atom. The van der Waals surface area contributed by atoms with E-state index >= 15 is 0 Å². The lowest BCUT2D eigenvalue weighted by atomic mass is 9.95. The number of rotatable bonds is 7. The van der Waals surface area contributed by atoms with Crippen LogP contribution in [0.3, 0.4) is 0 Å². The van der Waals surface area contributed by atoms with Gasteiger partial charge in [0.1, 0.15) is 5.75 Å². The lowest BCUT2D eigenvalue weighted by Gasteiger charge is -2.20. The molecule has 0 spiro atoms. The highest BCUT2D eigenvalue weighted by atomic mass is 16.7. The molecule has 2 heterocycles. The number of imidazole rings is 1. The molecule has 3 rings (SSSR count).